The maximum Gasteiger partial charge on any atom is 0.135 e. The minimum atomic E-state index is 0.669. The van der Waals surface area contributed by atoms with Crippen LogP contribution >= 0.6 is 22.6 Å². The molecule has 0 aromatic carbocycles. The van der Waals surface area contributed by atoms with Gasteiger partial charge in [-0.2, -0.15) is 10.2 Å². The van der Waals surface area contributed by atoms with E-state index in [9.17, 15) is 0 Å². The summed E-state index contributed by atoms with van der Waals surface area (Å²) in [5, 5.41) is 8.25. The van der Waals surface area contributed by atoms with Gasteiger partial charge in [-0.05, 0) is 22.6 Å². The number of nitrogens with two attached hydrogens (primary N) is 1. The lowest BCUT2D eigenvalue weighted by atomic mass is 10.4. The van der Waals surface area contributed by atoms with Crippen molar-refractivity contribution in [1.29, 1.82) is 0 Å². The normalized spacial score (nSPS) is 10.7. The van der Waals surface area contributed by atoms with Gasteiger partial charge in [0.1, 0.15) is 5.82 Å². The number of nitrogen functional groups attached to an aromatic ring is 1. The summed E-state index contributed by atoms with van der Waals surface area (Å²) in [6.07, 6.45) is 5.52. The van der Waals surface area contributed by atoms with E-state index in [-0.39, 0.29) is 0 Å². The molecule has 0 bridgehead atoms. The monoisotopic (exact) mass is 303 g/mol. The zero-order chi connectivity index (χ0) is 10.1. The summed E-state index contributed by atoms with van der Waals surface area (Å²) in [5.74, 6) is 0.703. The van der Waals surface area contributed by atoms with Gasteiger partial charge in [-0.25, -0.2) is 4.68 Å². The van der Waals surface area contributed by atoms with Gasteiger partial charge < -0.3 is 5.73 Å². The van der Waals surface area contributed by atoms with Crippen molar-refractivity contribution in [2.45, 2.75) is 6.54 Å². The summed E-state index contributed by atoms with van der Waals surface area (Å²) in [4.78, 5) is 0. The van der Waals surface area contributed by atoms with Crippen LogP contribution in [0, 0.1) is 3.57 Å². The van der Waals surface area contributed by atoms with Gasteiger partial charge in [0.05, 0.1) is 22.5 Å². The molecule has 2 rings (SSSR count). The SMILES string of the molecule is Cn1cc(Cn2ncc(I)c2N)cn1. The first-order valence-electron chi connectivity index (χ1n) is 4.11. The van der Waals surface area contributed by atoms with Crippen LogP contribution in [0.15, 0.2) is 18.6 Å². The quantitative estimate of drug-likeness (QED) is 0.837. The molecule has 2 aromatic heterocycles. The van der Waals surface area contributed by atoms with Gasteiger partial charge in [-0.1, -0.05) is 0 Å². The van der Waals surface area contributed by atoms with Crippen LogP contribution in [-0.2, 0) is 13.6 Å². The molecule has 2 aromatic rings. The first kappa shape index (κ1) is 9.50. The van der Waals surface area contributed by atoms with Crippen molar-refractivity contribution in [3.63, 3.8) is 0 Å². The lowest BCUT2D eigenvalue weighted by Gasteiger charge is -2.00. The van der Waals surface area contributed by atoms with Crippen molar-refractivity contribution in [2.75, 3.05) is 5.73 Å². The molecule has 0 atom stereocenters. The lowest BCUT2D eigenvalue weighted by molar-refractivity contribution is 0.695. The number of hydrogen-bond acceptors (Lipinski definition) is 3. The topological polar surface area (TPSA) is 61.7 Å². The van der Waals surface area contributed by atoms with E-state index in [0.29, 0.717) is 12.4 Å². The van der Waals surface area contributed by atoms with Crippen LogP contribution in [0.25, 0.3) is 0 Å². The van der Waals surface area contributed by atoms with E-state index in [1.165, 1.54) is 0 Å². The van der Waals surface area contributed by atoms with Gasteiger partial charge in [0, 0.05) is 18.8 Å². The Hall–Kier alpha value is -1.05. The molecular formula is C8H10IN5. The molecule has 0 spiro atoms. The number of anilines is 1. The number of aromatic nitrogens is 4. The Morgan fingerprint density at radius 1 is 1.43 bits per heavy atom. The highest BCUT2D eigenvalue weighted by atomic mass is 127. The molecule has 0 radical (unpaired) electrons. The van der Waals surface area contributed by atoms with E-state index >= 15 is 0 Å². The summed E-state index contributed by atoms with van der Waals surface area (Å²) in [6.45, 7) is 0.669. The van der Waals surface area contributed by atoms with Crippen molar-refractivity contribution < 1.29 is 0 Å². The molecule has 0 saturated heterocycles. The lowest BCUT2D eigenvalue weighted by Crippen LogP contribution is -2.05. The Labute approximate surface area is 95.0 Å². The van der Waals surface area contributed by atoms with Crippen LogP contribution in [-0.4, -0.2) is 19.6 Å². The predicted molar refractivity (Wildman–Crippen MR) is 61.7 cm³/mol. The van der Waals surface area contributed by atoms with E-state index in [0.717, 1.165) is 9.13 Å². The highest BCUT2D eigenvalue weighted by Crippen LogP contribution is 2.14. The molecule has 2 heterocycles. The molecule has 74 valence electrons. The van der Waals surface area contributed by atoms with Crippen molar-refractivity contribution in [3.05, 3.63) is 27.7 Å². The Balaban J connectivity index is 2.22. The fourth-order valence-electron chi connectivity index (χ4n) is 1.22. The van der Waals surface area contributed by atoms with E-state index < -0.39 is 0 Å². The third-order valence-electron chi connectivity index (χ3n) is 1.92. The molecule has 0 unspecified atom stereocenters. The average Bonchev–Trinajstić information content (AvgIpc) is 2.67. The predicted octanol–water partition coefficient (Wildman–Crippen LogP) is 0.852. The Morgan fingerprint density at radius 3 is 2.71 bits per heavy atom. The van der Waals surface area contributed by atoms with Crippen molar-refractivity contribution in [3.8, 4) is 0 Å². The van der Waals surface area contributed by atoms with Gasteiger partial charge >= 0.3 is 0 Å². The third kappa shape index (κ3) is 1.74. The molecule has 6 heteroatoms. The second-order valence-electron chi connectivity index (χ2n) is 3.06. The Bertz CT molecular complexity index is 444. The molecule has 0 saturated carbocycles. The number of rotatable bonds is 2. The van der Waals surface area contributed by atoms with Gasteiger partial charge in [0.15, 0.2) is 0 Å². The van der Waals surface area contributed by atoms with Crippen LogP contribution in [0.3, 0.4) is 0 Å². The van der Waals surface area contributed by atoms with Crippen molar-refractivity contribution in [2.24, 2.45) is 7.05 Å². The molecule has 5 nitrogen and oxygen atoms in total. The molecular weight excluding hydrogens is 293 g/mol. The van der Waals surface area contributed by atoms with E-state index in [1.807, 2.05) is 19.4 Å². The first-order chi connectivity index (χ1) is 6.66. The average molecular weight is 303 g/mol. The number of hydrogen-bond donors (Lipinski definition) is 1. The maximum absolute atomic E-state index is 5.82. The summed E-state index contributed by atoms with van der Waals surface area (Å²) in [5.41, 5.74) is 6.92. The van der Waals surface area contributed by atoms with Crippen LogP contribution in [0.1, 0.15) is 5.56 Å². The molecule has 0 aliphatic heterocycles. The third-order valence-corrected chi connectivity index (χ3v) is 2.76. The van der Waals surface area contributed by atoms with Crippen molar-refractivity contribution in [1.82, 2.24) is 19.6 Å². The van der Waals surface area contributed by atoms with Crippen LogP contribution < -0.4 is 5.73 Å². The molecule has 0 amide bonds. The van der Waals surface area contributed by atoms with E-state index in [2.05, 4.69) is 32.8 Å². The molecule has 2 N–H and O–H groups in total. The highest BCUT2D eigenvalue weighted by Gasteiger charge is 2.05. The summed E-state index contributed by atoms with van der Waals surface area (Å²) in [6, 6.07) is 0. The summed E-state index contributed by atoms with van der Waals surface area (Å²) in [7, 11) is 1.89. The largest absolute Gasteiger partial charge is 0.383 e. The number of aryl methyl sites for hydroxylation is 1. The Morgan fingerprint density at radius 2 is 2.21 bits per heavy atom. The van der Waals surface area contributed by atoms with Gasteiger partial charge in [-0.3, -0.25) is 4.68 Å². The molecule has 0 aliphatic rings. The number of nitrogens with zero attached hydrogens (tertiary/aromatic N) is 4. The van der Waals surface area contributed by atoms with Crippen LogP contribution in [0.4, 0.5) is 5.82 Å². The first-order valence-corrected chi connectivity index (χ1v) is 5.19. The minimum Gasteiger partial charge on any atom is -0.383 e. The minimum absolute atomic E-state index is 0.669. The van der Waals surface area contributed by atoms with Gasteiger partial charge in [0.25, 0.3) is 0 Å². The highest BCUT2D eigenvalue weighted by molar-refractivity contribution is 14.1. The summed E-state index contributed by atoms with van der Waals surface area (Å²) >= 11 is 2.16. The maximum atomic E-state index is 5.82. The van der Waals surface area contributed by atoms with E-state index in [4.69, 9.17) is 5.73 Å². The molecule has 14 heavy (non-hydrogen) atoms. The van der Waals surface area contributed by atoms with Crippen molar-refractivity contribution >= 4 is 28.4 Å². The van der Waals surface area contributed by atoms with Crippen LogP contribution in [0.5, 0.6) is 0 Å². The zero-order valence-electron chi connectivity index (χ0n) is 7.68. The standard InChI is InChI=1S/C8H10IN5/c1-13-4-6(2-11-13)5-14-8(10)7(9)3-12-14/h2-4H,5,10H2,1H3. The zero-order valence-corrected chi connectivity index (χ0v) is 9.84. The second-order valence-corrected chi connectivity index (χ2v) is 4.22. The van der Waals surface area contributed by atoms with Gasteiger partial charge in [0.2, 0.25) is 0 Å². The number of halogens is 1. The molecule has 0 fully saturated rings. The van der Waals surface area contributed by atoms with E-state index in [1.54, 1.807) is 15.6 Å². The summed E-state index contributed by atoms with van der Waals surface area (Å²) < 4.78 is 4.50. The van der Waals surface area contributed by atoms with Gasteiger partial charge in [-0.15, -0.1) is 0 Å². The fourth-order valence-corrected chi connectivity index (χ4v) is 1.63. The smallest absolute Gasteiger partial charge is 0.135 e. The fraction of sp³-hybridized carbons (Fsp3) is 0.250. The van der Waals surface area contributed by atoms with Crippen LogP contribution in [0.2, 0.25) is 0 Å². The Kier molecular flexibility index (Phi) is 2.44. The molecule has 0 aliphatic carbocycles. The second kappa shape index (κ2) is 3.60.